The molecule has 0 saturated carbocycles. The molecule has 1 amide bonds. The fourth-order valence-corrected chi connectivity index (χ4v) is 2.69. The van der Waals surface area contributed by atoms with Crippen LogP contribution in [0.1, 0.15) is 22.8 Å². The lowest BCUT2D eigenvalue weighted by atomic mass is 10.1. The number of esters is 1. The molecule has 0 aliphatic heterocycles. The molecule has 0 atom stereocenters. The largest absolute Gasteiger partial charge is 0.457 e. The number of nitrogens with one attached hydrogen (secondary N) is 1. The molecule has 0 saturated heterocycles. The van der Waals surface area contributed by atoms with Crippen molar-refractivity contribution in [1.82, 2.24) is 0 Å². The highest BCUT2D eigenvalue weighted by molar-refractivity contribution is 5.96. The summed E-state index contributed by atoms with van der Waals surface area (Å²) in [6, 6.07) is 9.29. The Kier molecular flexibility index (Phi) is 5.26. The number of carbonyl (C=O) groups is 2. The van der Waals surface area contributed by atoms with E-state index >= 15 is 0 Å². The molecule has 3 rings (SSSR count). The highest BCUT2D eigenvalue weighted by Crippen LogP contribution is 2.24. The maximum Gasteiger partial charge on any atom is 0.340 e. The van der Waals surface area contributed by atoms with Crippen molar-refractivity contribution in [2.24, 2.45) is 0 Å². The Morgan fingerprint density at radius 3 is 2.66 bits per heavy atom. The number of benzene rings is 2. The molecule has 1 aromatic heterocycles. The molecule has 10 nitrogen and oxygen atoms in total. The lowest BCUT2D eigenvalue weighted by Gasteiger charge is -2.09. The number of fused-ring (bicyclic) bond motifs is 1. The number of non-ortho nitro benzene ring substituents is 1. The maximum atomic E-state index is 12.3. The lowest BCUT2D eigenvalue weighted by molar-refractivity contribution is -0.384. The summed E-state index contributed by atoms with van der Waals surface area (Å²) < 4.78 is 10.3. The van der Waals surface area contributed by atoms with E-state index in [-0.39, 0.29) is 35.0 Å². The smallest absolute Gasteiger partial charge is 0.340 e. The summed E-state index contributed by atoms with van der Waals surface area (Å²) in [5.74, 6) is -1.16. The van der Waals surface area contributed by atoms with Gasteiger partial charge in [-0.15, -0.1) is 0 Å². The van der Waals surface area contributed by atoms with E-state index in [0.717, 1.165) is 6.07 Å². The molecule has 148 valence electrons. The molecule has 0 fully saturated rings. The monoisotopic (exact) mass is 397 g/mol. The van der Waals surface area contributed by atoms with Crippen molar-refractivity contribution in [3.63, 3.8) is 0 Å². The first-order valence-electron chi connectivity index (χ1n) is 8.30. The number of nitro groups is 1. The van der Waals surface area contributed by atoms with E-state index in [1.165, 1.54) is 31.2 Å². The van der Waals surface area contributed by atoms with Crippen LogP contribution in [-0.2, 0) is 16.1 Å². The topological polar surface area (TPSA) is 155 Å². The summed E-state index contributed by atoms with van der Waals surface area (Å²) in [6.07, 6.45) is 0. The molecule has 0 unspecified atom stereocenters. The third-order valence-electron chi connectivity index (χ3n) is 3.98. The van der Waals surface area contributed by atoms with Crippen molar-refractivity contribution in [3.8, 4) is 0 Å². The van der Waals surface area contributed by atoms with Gasteiger partial charge < -0.3 is 20.2 Å². The van der Waals surface area contributed by atoms with Gasteiger partial charge in [-0.1, -0.05) is 0 Å². The van der Waals surface area contributed by atoms with Crippen molar-refractivity contribution in [2.75, 3.05) is 11.1 Å². The van der Waals surface area contributed by atoms with Crippen LogP contribution in [0.25, 0.3) is 11.0 Å². The Labute approximate surface area is 163 Å². The van der Waals surface area contributed by atoms with Gasteiger partial charge in [0.2, 0.25) is 5.91 Å². The predicted octanol–water partition coefficient (Wildman–Crippen LogP) is 2.60. The minimum atomic E-state index is -0.873. The summed E-state index contributed by atoms with van der Waals surface area (Å²) in [6.45, 7) is 1.05. The minimum Gasteiger partial charge on any atom is -0.457 e. The van der Waals surface area contributed by atoms with Crippen LogP contribution < -0.4 is 16.7 Å². The molecular weight excluding hydrogens is 382 g/mol. The molecule has 0 aliphatic carbocycles. The van der Waals surface area contributed by atoms with Gasteiger partial charge in [-0.2, -0.15) is 0 Å². The molecule has 0 aliphatic rings. The summed E-state index contributed by atoms with van der Waals surface area (Å²) in [5, 5.41) is 14.0. The Balaban J connectivity index is 1.88. The van der Waals surface area contributed by atoms with E-state index in [9.17, 15) is 24.5 Å². The summed E-state index contributed by atoms with van der Waals surface area (Å²) in [5.41, 5.74) is 5.61. The fourth-order valence-electron chi connectivity index (χ4n) is 2.69. The first kappa shape index (κ1) is 19.5. The zero-order valence-electron chi connectivity index (χ0n) is 15.1. The van der Waals surface area contributed by atoms with Crippen molar-refractivity contribution >= 4 is 39.9 Å². The second-order valence-corrected chi connectivity index (χ2v) is 6.09. The first-order chi connectivity index (χ1) is 13.7. The van der Waals surface area contributed by atoms with E-state index in [1.807, 2.05) is 0 Å². The van der Waals surface area contributed by atoms with E-state index < -0.39 is 16.5 Å². The summed E-state index contributed by atoms with van der Waals surface area (Å²) in [7, 11) is 0. The number of hydrogen-bond donors (Lipinski definition) is 2. The van der Waals surface area contributed by atoms with E-state index in [4.69, 9.17) is 14.9 Å². The molecule has 0 radical (unpaired) electrons. The number of nitrogens with two attached hydrogens (primary N) is 1. The highest BCUT2D eigenvalue weighted by Gasteiger charge is 2.17. The van der Waals surface area contributed by atoms with E-state index in [2.05, 4.69) is 5.32 Å². The SMILES string of the molecule is CC(=O)Nc1ccc2c(COC(=O)c3cc([N+](=O)[O-])ccc3N)cc(=O)oc2c1. The van der Waals surface area contributed by atoms with Crippen molar-refractivity contribution < 1.29 is 23.7 Å². The van der Waals surface area contributed by atoms with Crippen molar-refractivity contribution in [1.29, 1.82) is 0 Å². The number of anilines is 2. The Morgan fingerprint density at radius 1 is 1.21 bits per heavy atom. The molecule has 0 spiro atoms. The Bertz CT molecular complexity index is 1200. The van der Waals surface area contributed by atoms with Gasteiger partial charge in [0.15, 0.2) is 0 Å². The van der Waals surface area contributed by atoms with Gasteiger partial charge in [-0.25, -0.2) is 9.59 Å². The third-order valence-corrected chi connectivity index (χ3v) is 3.98. The van der Waals surface area contributed by atoms with Gasteiger partial charge in [0.1, 0.15) is 12.2 Å². The number of ether oxygens (including phenoxy) is 1. The molecule has 10 heteroatoms. The molecule has 29 heavy (non-hydrogen) atoms. The van der Waals surface area contributed by atoms with E-state index in [0.29, 0.717) is 16.6 Å². The average molecular weight is 397 g/mol. The number of nitrogens with zero attached hydrogens (tertiary/aromatic N) is 1. The number of rotatable bonds is 5. The van der Waals surface area contributed by atoms with Crippen LogP contribution in [0.3, 0.4) is 0 Å². The summed E-state index contributed by atoms with van der Waals surface area (Å²) in [4.78, 5) is 45.6. The highest BCUT2D eigenvalue weighted by atomic mass is 16.6. The first-order valence-corrected chi connectivity index (χ1v) is 8.30. The lowest BCUT2D eigenvalue weighted by Crippen LogP contribution is -2.10. The predicted molar refractivity (Wildman–Crippen MR) is 103 cm³/mol. The zero-order chi connectivity index (χ0) is 21.1. The molecule has 1 heterocycles. The van der Waals surface area contributed by atoms with E-state index in [1.54, 1.807) is 12.1 Å². The summed E-state index contributed by atoms with van der Waals surface area (Å²) >= 11 is 0. The quantitative estimate of drug-likeness (QED) is 0.219. The van der Waals surface area contributed by atoms with Gasteiger partial charge in [0.25, 0.3) is 5.69 Å². The molecule has 3 N–H and O–H groups in total. The number of hydrogen-bond acceptors (Lipinski definition) is 8. The maximum absolute atomic E-state index is 12.3. The fraction of sp³-hybridized carbons (Fsp3) is 0.105. The van der Waals surface area contributed by atoms with Crippen molar-refractivity contribution in [3.05, 3.63) is 74.1 Å². The minimum absolute atomic E-state index is 0.0259. The van der Waals surface area contributed by atoms with Crippen LogP contribution in [0.2, 0.25) is 0 Å². The number of amides is 1. The van der Waals surface area contributed by atoms with Crippen LogP contribution in [0, 0.1) is 10.1 Å². The number of nitro benzene ring substituents is 1. The van der Waals surface area contributed by atoms with Gasteiger partial charge in [-0.3, -0.25) is 14.9 Å². The average Bonchev–Trinajstić information content (AvgIpc) is 2.65. The van der Waals surface area contributed by atoms with Crippen LogP contribution in [-0.4, -0.2) is 16.8 Å². The second kappa shape index (κ2) is 7.80. The molecule has 3 aromatic rings. The number of carbonyl (C=O) groups excluding carboxylic acids is 2. The van der Waals surface area contributed by atoms with Crippen LogP contribution in [0.15, 0.2) is 51.7 Å². The molecule has 0 bridgehead atoms. The van der Waals surface area contributed by atoms with Gasteiger partial charge in [0.05, 0.1) is 10.5 Å². The Hall–Kier alpha value is -4.21. The normalized spacial score (nSPS) is 10.5. The standard InChI is InChI=1S/C19H15N3O7/c1-10(23)21-12-2-4-14-11(6-18(24)29-17(14)7-12)9-28-19(25)15-8-13(22(26)27)3-5-16(15)20/h2-8H,9,20H2,1H3,(H,21,23). The third kappa shape index (κ3) is 4.38. The van der Waals surface area contributed by atoms with Crippen LogP contribution in [0.5, 0.6) is 0 Å². The van der Waals surface area contributed by atoms with Gasteiger partial charge in [0, 0.05) is 53.5 Å². The zero-order valence-corrected chi connectivity index (χ0v) is 15.1. The van der Waals surface area contributed by atoms with Gasteiger partial charge in [-0.05, 0) is 18.2 Å². The molecular formula is C19H15N3O7. The van der Waals surface area contributed by atoms with Crippen LogP contribution in [0.4, 0.5) is 17.1 Å². The second-order valence-electron chi connectivity index (χ2n) is 6.09. The van der Waals surface area contributed by atoms with Gasteiger partial charge >= 0.3 is 11.6 Å². The van der Waals surface area contributed by atoms with Crippen molar-refractivity contribution in [2.45, 2.75) is 13.5 Å². The Morgan fingerprint density at radius 2 is 1.97 bits per heavy atom. The molecule has 2 aromatic carbocycles. The number of nitrogen functional groups attached to an aromatic ring is 1. The van der Waals surface area contributed by atoms with Crippen LogP contribution >= 0.6 is 0 Å².